The molecule has 0 spiro atoms. The molecule has 13 heavy (non-hydrogen) atoms. The van der Waals surface area contributed by atoms with Crippen LogP contribution in [-0.4, -0.2) is 12.0 Å². The Hall–Kier alpha value is -0.620. The summed E-state index contributed by atoms with van der Waals surface area (Å²) in [6, 6.07) is 9.04. The quantitative estimate of drug-likeness (QED) is 0.858. The zero-order valence-electron chi connectivity index (χ0n) is 6.94. The van der Waals surface area contributed by atoms with Crippen molar-refractivity contribution in [1.29, 1.82) is 0 Å². The van der Waals surface area contributed by atoms with Crippen LogP contribution in [0.25, 0.3) is 0 Å². The van der Waals surface area contributed by atoms with Gasteiger partial charge in [0.15, 0.2) is 23.0 Å². The summed E-state index contributed by atoms with van der Waals surface area (Å²) in [6.07, 6.45) is 0.517. The lowest BCUT2D eigenvalue weighted by Gasteiger charge is -2.07. The number of carbonyl (C=O) groups excluding carboxylic acids is 1. The van der Waals surface area contributed by atoms with E-state index in [0.29, 0.717) is 6.42 Å². The molecular formula is C9H10INO2. The van der Waals surface area contributed by atoms with Crippen LogP contribution in [0.4, 0.5) is 0 Å². The Balaban J connectivity index is 2.55. The second-order valence-corrected chi connectivity index (χ2v) is 3.13. The number of hydrogen-bond donors (Lipinski definition) is 1. The SMILES string of the molecule is N[C@@H](Cc1ccccc1)C(=O)OI. The Bertz CT molecular complexity index is 276. The Labute approximate surface area is 91.0 Å². The standard InChI is InChI=1S/C9H10INO2/c10-13-9(12)8(11)6-7-4-2-1-3-5-7/h1-5,8H,6,11H2/t8-/m0/s1. The van der Waals surface area contributed by atoms with Gasteiger partial charge in [-0.15, -0.1) is 0 Å². The third-order valence-electron chi connectivity index (χ3n) is 1.68. The summed E-state index contributed by atoms with van der Waals surface area (Å²) in [4.78, 5) is 11.0. The van der Waals surface area contributed by atoms with Gasteiger partial charge in [-0.1, -0.05) is 30.3 Å². The van der Waals surface area contributed by atoms with E-state index in [0.717, 1.165) is 5.56 Å². The van der Waals surface area contributed by atoms with Crippen molar-refractivity contribution in [3.05, 3.63) is 35.9 Å². The third-order valence-corrected chi connectivity index (χ3v) is 2.11. The molecule has 0 aliphatic heterocycles. The van der Waals surface area contributed by atoms with E-state index in [1.807, 2.05) is 30.3 Å². The molecule has 1 aromatic rings. The second-order valence-electron chi connectivity index (χ2n) is 2.69. The average Bonchev–Trinajstić information content (AvgIpc) is 2.18. The highest BCUT2D eigenvalue weighted by Gasteiger charge is 2.14. The van der Waals surface area contributed by atoms with Crippen LogP contribution < -0.4 is 5.73 Å². The summed E-state index contributed by atoms with van der Waals surface area (Å²) in [7, 11) is 0. The lowest BCUT2D eigenvalue weighted by Crippen LogP contribution is -2.32. The molecule has 2 N–H and O–H groups in total. The molecule has 0 saturated carbocycles. The Morgan fingerprint density at radius 2 is 2.08 bits per heavy atom. The number of carbonyl (C=O) groups is 1. The number of rotatable bonds is 3. The number of hydrogen-bond acceptors (Lipinski definition) is 3. The van der Waals surface area contributed by atoms with E-state index in [4.69, 9.17) is 5.73 Å². The van der Waals surface area contributed by atoms with Gasteiger partial charge in [-0.2, -0.15) is 0 Å². The van der Waals surface area contributed by atoms with Crippen molar-refractivity contribution in [2.45, 2.75) is 12.5 Å². The fraction of sp³-hybridized carbons (Fsp3) is 0.222. The molecule has 0 aromatic heterocycles. The van der Waals surface area contributed by atoms with Crippen LogP contribution in [0.3, 0.4) is 0 Å². The van der Waals surface area contributed by atoms with E-state index in [-0.39, 0.29) is 5.97 Å². The molecule has 3 nitrogen and oxygen atoms in total. The molecule has 0 unspecified atom stereocenters. The maximum absolute atomic E-state index is 11.0. The third kappa shape index (κ3) is 3.31. The van der Waals surface area contributed by atoms with E-state index in [1.165, 1.54) is 0 Å². The first-order valence-corrected chi connectivity index (χ1v) is 4.74. The van der Waals surface area contributed by atoms with Gasteiger partial charge in [-0.05, 0) is 12.0 Å². The van der Waals surface area contributed by atoms with E-state index in [9.17, 15) is 4.79 Å². The molecule has 0 bridgehead atoms. The molecule has 0 heterocycles. The molecule has 1 atom stereocenters. The smallest absolute Gasteiger partial charge is 0.332 e. The number of benzene rings is 1. The molecule has 1 rings (SSSR count). The summed E-state index contributed by atoms with van der Waals surface area (Å²) in [5, 5.41) is 0. The van der Waals surface area contributed by atoms with Crippen LogP contribution >= 0.6 is 23.0 Å². The molecule has 70 valence electrons. The highest BCUT2D eigenvalue weighted by Crippen LogP contribution is 2.03. The topological polar surface area (TPSA) is 52.3 Å². The predicted octanol–water partition coefficient (Wildman–Crippen LogP) is 1.45. The van der Waals surface area contributed by atoms with Crippen LogP contribution in [0.2, 0.25) is 0 Å². The van der Waals surface area contributed by atoms with Gasteiger partial charge < -0.3 is 8.80 Å². The maximum Gasteiger partial charge on any atom is 0.332 e. The first-order valence-electron chi connectivity index (χ1n) is 3.86. The largest absolute Gasteiger partial charge is 0.393 e. The van der Waals surface area contributed by atoms with Crippen LogP contribution in [0.5, 0.6) is 0 Å². The normalized spacial score (nSPS) is 12.2. The van der Waals surface area contributed by atoms with Gasteiger partial charge in [0, 0.05) is 0 Å². The van der Waals surface area contributed by atoms with E-state index in [1.54, 1.807) is 23.0 Å². The zero-order valence-corrected chi connectivity index (χ0v) is 9.10. The molecule has 0 fully saturated rings. The van der Waals surface area contributed by atoms with E-state index < -0.39 is 6.04 Å². The van der Waals surface area contributed by atoms with Crippen molar-refractivity contribution in [2.75, 3.05) is 0 Å². The van der Waals surface area contributed by atoms with Crippen molar-refractivity contribution in [2.24, 2.45) is 5.73 Å². The van der Waals surface area contributed by atoms with Gasteiger partial charge in [0.25, 0.3) is 0 Å². The lowest BCUT2D eigenvalue weighted by molar-refractivity contribution is -0.132. The molecule has 4 heteroatoms. The van der Waals surface area contributed by atoms with Crippen molar-refractivity contribution in [3.8, 4) is 0 Å². The first kappa shape index (κ1) is 10.5. The monoisotopic (exact) mass is 291 g/mol. The summed E-state index contributed by atoms with van der Waals surface area (Å²) in [5.74, 6) is -0.385. The molecule has 0 aliphatic carbocycles. The fourth-order valence-electron chi connectivity index (χ4n) is 1.01. The lowest BCUT2D eigenvalue weighted by atomic mass is 10.1. The zero-order chi connectivity index (χ0) is 9.68. The summed E-state index contributed by atoms with van der Waals surface area (Å²) in [6.45, 7) is 0. The Morgan fingerprint density at radius 3 is 2.62 bits per heavy atom. The first-order chi connectivity index (χ1) is 6.24. The van der Waals surface area contributed by atoms with Gasteiger partial charge >= 0.3 is 5.97 Å². The predicted molar refractivity (Wildman–Crippen MR) is 58.2 cm³/mol. The molecule has 0 amide bonds. The summed E-state index contributed by atoms with van der Waals surface area (Å²) in [5.41, 5.74) is 6.62. The molecule has 0 radical (unpaired) electrons. The molecule has 0 aliphatic rings. The van der Waals surface area contributed by atoms with Gasteiger partial charge in [0.1, 0.15) is 6.04 Å². The maximum atomic E-state index is 11.0. The second kappa shape index (κ2) is 5.18. The van der Waals surface area contributed by atoms with Crippen molar-refractivity contribution < 1.29 is 7.86 Å². The van der Waals surface area contributed by atoms with Crippen molar-refractivity contribution in [3.63, 3.8) is 0 Å². The van der Waals surface area contributed by atoms with E-state index >= 15 is 0 Å². The molecular weight excluding hydrogens is 281 g/mol. The summed E-state index contributed by atoms with van der Waals surface area (Å²) < 4.78 is 4.49. The number of nitrogens with two attached hydrogens (primary N) is 1. The molecule has 0 saturated heterocycles. The van der Waals surface area contributed by atoms with Crippen LogP contribution in [0.15, 0.2) is 30.3 Å². The minimum absolute atomic E-state index is 0.385. The van der Waals surface area contributed by atoms with Gasteiger partial charge in [0.05, 0.1) is 0 Å². The van der Waals surface area contributed by atoms with Crippen molar-refractivity contribution >= 4 is 29.0 Å². The van der Waals surface area contributed by atoms with Gasteiger partial charge in [-0.3, -0.25) is 0 Å². The average molecular weight is 291 g/mol. The van der Waals surface area contributed by atoms with Gasteiger partial charge in [-0.25, -0.2) is 4.79 Å². The van der Waals surface area contributed by atoms with Crippen LogP contribution in [0, 0.1) is 0 Å². The van der Waals surface area contributed by atoms with Crippen LogP contribution in [0.1, 0.15) is 5.56 Å². The Morgan fingerprint density at radius 1 is 1.46 bits per heavy atom. The summed E-state index contributed by atoms with van der Waals surface area (Å²) >= 11 is 1.54. The van der Waals surface area contributed by atoms with Crippen LogP contribution in [-0.2, 0) is 14.3 Å². The highest BCUT2D eigenvalue weighted by molar-refractivity contribution is 14.1. The molecule has 1 aromatic carbocycles. The highest BCUT2D eigenvalue weighted by atomic mass is 127. The Kier molecular flexibility index (Phi) is 4.17. The van der Waals surface area contributed by atoms with Crippen molar-refractivity contribution in [1.82, 2.24) is 0 Å². The fourth-order valence-corrected chi connectivity index (χ4v) is 1.34. The minimum atomic E-state index is -0.570. The number of halogens is 1. The van der Waals surface area contributed by atoms with E-state index in [2.05, 4.69) is 3.07 Å². The van der Waals surface area contributed by atoms with Gasteiger partial charge in [0.2, 0.25) is 0 Å². The minimum Gasteiger partial charge on any atom is -0.393 e.